The molecule has 1 heterocycles. The lowest BCUT2D eigenvalue weighted by molar-refractivity contribution is -0.385. The molecule has 1 saturated heterocycles. The van der Waals surface area contributed by atoms with E-state index in [-0.39, 0.29) is 29.2 Å². The van der Waals surface area contributed by atoms with E-state index in [4.69, 9.17) is 9.47 Å². The Morgan fingerprint density at radius 2 is 1.93 bits per heavy atom. The molecule has 0 unspecified atom stereocenters. The van der Waals surface area contributed by atoms with Crippen molar-refractivity contribution < 1.29 is 28.8 Å². The first kappa shape index (κ1) is 20.5. The third-order valence-corrected chi connectivity index (χ3v) is 4.02. The van der Waals surface area contributed by atoms with Gasteiger partial charge in [-0.1, -0.05) is 18.2 Å². The Kier molecular flexibility index (Phi) is 5.77. The van der Waals surface area contributed by atoms with Gasteiger partial charge in [0, 0.05) is 13.0 Å². The second kappa shape index (κ2) is 8.43. The summed E-state index contributed by atoms with van der Waals surface area (Å²) in [6.45, 7) is 2.90. The molecule has 0 atom stereocenters. The Morgan fingerprint density at radius 3 is 2.53 bits per heavy atom. The van der Waals surface area contributed by atoms with Crippen molar-refractivity contribution in [1.82, 2.24) is 5.43 Å². The summed E-state index contributed by atoms with van der Waals surface area (Å²) in [6, 6.07) is 10.9. The summed E-state index contributed by atoms with van der Waals surface area (Å²) < 4.78 is 10.3. The predicted octanol–water partition coefficient (Wildman–Crippen LogP) is 2.38. The SMILES string of the molecule is CCOc1cc(C=C2C(=O)NN(c3ccccc3)C2=O)cc([N+](=O)[O-])c1OC(C)=O. The van der Waals surface area contributed by atoms with E-state index in [2.05, 4.69) is 5.43 Å². The quantitative estimate of drug-likeness (QED) is 0.193. The van der Waals surface area contributed by atoms with Crippen LogP contribution in [0.4, 0.5) is 11.4 Å². The van der Waals surface area contributed by atoms with Gasteiger partial charge >= 0.3 is 11.7 Å². The van der Waals surface area contributed by atoms with Gasteiger partial charge in [0.25, 0.3) is 11.8 Å². The number of nitrogens with zero attached hydrogens (tertiary/aromatic N) is 2. The van der Waals surface area contributed by atoms with Crippen LogP contribution in [-0.4, -0.2) is 29.3 Å². The second-order valence-electron chi connectivity index (χ2n) is 6.13. The first-order chi connectivity index (χ1) is 14.3. The maximum absolute atomic E-state index is 12.7. The summed E-state index contributed by atoms with van der Waals surface area (Å²) in [4.78, 5) is 47.1. The standard InChI is InChI=1S/C20H17N3O7/c1-3-29-17-11-13(10-16(23(27)28)18(17)30-12(2)24)9-15-19(25)21-22(20(15)26)14-7-5-4-6-8-14/h4-11H,3H2,1-2H3,(H,21,25). The first-order valence-electron chi connectivity index (χ1n) is 8.87. The van der Waals surface area contributed by atoms with Crippen molar-refractivity contribution in [2.75, 3.05) is 11.6 Å². The molecule has 1 fully saturated rings. The zero-order chi connectivity index (χ0) is 21.8. The van der Waals surface area contributed by atoms with Gasteiger partial charge in [0.1, 0.15) is 5.57 Å². The van der Waals surface area contributed by atoms with E-state index in [1.165, 1.54) is 12.1 Å². The van der Waals surface area contributed by atoms with Crippen molar-refractivity contribution in [2.24, 2.45) is 0 Å². The minimum atomic E-state index is -0.756. The smallest absolute Gasteiger partial charge is 0.316 e. The third kappa shape index (κ3) is 4.12. The van der Waals surface area contributed by atoms with E-state index in [0.717, 1.165) is 18.0 Å². The number of nitrogens with one attached hydrogen (secondary N) is 1. The molecule has 1 N–H and O–H groups in total. The molecule has 3 rings (SSSR count). The van der Waals surface area contributed by atoms with E-state index in [0.29, 0.717) is 5.69 Å². The summed E-state index contributed by atoms with van der Waals surface area (Å²) in [7, 11) is 0. The molecule has 1 aliphatic heterocycles. The minimum absolute atomic E-state index is 0.0560. The fourth-order valence-electron chi connectivity index (χ4n) is 2.82. The molecule has 0 saturated carbocycles. The molecule has 2 aromatic carbocycles. The molecule has 0 radical (unpaired) electrons. The maximum Gasteiger partial charge on any atom is 0.316 e. The predicted molar refractivity (Wildman–Crippen MR) is 106 cm³/mol. The first-order valence-corrected chi connectivity index (χ1v) is 8.87. The zero-order valence-corrected chi connectivity index (χ0v) is 16.1. The van der Waals surface area contributed by atoms with E-state index in [9.17, 15) is 24.5 Å². The molecule has 154 valence electrons. The van der Waals surface area contributed by atoms with Gasteiger partial charge in [0.05, 0.1) is 17.2 Å². The van der Waals surface area contributed by atoms with Gasteiger partial charge in [0.15, 0.2) is 5.75 Å². The normalized spacial score (nSPS) is 14.6. The topological polar surface area (TPSA) is 128 Å². The van der Waals surface area contributed by atoms with Crippen LogP contribution < -0.4 is 19.9 Å². The molecule has 0 aromatic heterocycles. The average Bonchev–Trinajstić information content (AvgIpc) is 2.98. The molecule has 10 nitrogen and oxygen atoms in total. The molecule has 2 amide bonds. The lowest BCUT2D eigenvalue weighted by Crippen LogP contribution is -2.35. The highest BCUT2D eigenvalue weighted by Gasteiger charge is 2.35. The molecular formula is C20H17N3O7. The molecule has 0 bridgehead atoms. The van der Waals surface area contributed by atoms with Crippen LogP contribution in [0.15, 0.2) is 48.0 Å². The number of benzene rings is 2. The molecule has 1 aliphatic rings. The van der Waals surface area contributed by atoms with Crippen LogP contribution in [0.1, 0.15) is 19.4 Å². The molecule has 0 spiro atoms. The molecular weight excluding hydrogens is 394 g/mol. The zero-order valence-electron chi connectivity index (χ0n) is 16.1. The van der Waals surface area contributed by atoms with Crippen molar-refractivity contribution in [3.63, 3.8) is 0 Å². The van der Waals surface area contributed by atoms with Crippen LogP contribution in [0.2, 0.25) is 0 Å². The summed E-state index contributed by atoms with van der Waals surface area (Å²) in [5, 5.41) is 12.6. The number of para-hydroxylation sites is 1. The summed E-state index contributed by atoms with van der Waals surface area (Å²) in [5.74, 6) is -2.43. The van der Waals surface area contributed by atoms with Gasteiger partial charge in [-0.3, -0.25) is 29.9 Å². The molecule has 30 heavy (non-hydrogen) atoms. The maximum atomic E-state index is 12.7. The highest BCUT2D eigenvalue weighted by Crippen LogP contribution is 2.39. The number of nitro benzene ring substituents is 1. The van der Waals surface area contributed by atoms with Crippen molar-refractivity contribution in [3.05, 3.63) is 63.7 Å². The van der Waals surface area contributed by atoms with Gasteiger partial charge < -0.3 is 9.47 Å². The van der Waals surface area contributed by atoms with Gasteiger partial charge in [-0.25, -0.2) is 5.01 Å². The van der Waals surface area contributed by atoms with Crippen molar-refractivity contribution >= 4 is 35.2 Å². The Hall–Kier alpha value is -4.21. The lowest BCUT2D eigenvalue weighted by Gasteiger charge is -2.14. The van der Waals surface area contributed by atoms with Gasteiger partial charge in [-0.05, 0) is 36.8 Å². The van der Waals surface area contributed by atoms with Crippen LogP contribution in [0.25, 0.3) is 6.08 Å². The highest BCUT2D eigenvalue weighted by molar-refractivity contribution is 6.31. The van der Waals surface area contributed by atoms with Gasteiger partial charge in [-0.2, -0.15) is 0 Å². The van der Waals surface area contributed by atoms with Gasteiger partial charge in [-0.15, -0.1) is 0 Å². The Balaban J connectivity index is 2.06. The monoisotopic (exact) mass is 411 g/mol. The summed E-state index contributed by atoms with van der Waals surface area (Å²) in [6.07, 6.45) is 1.22. The number of carbonyl (C=O) groups is 3. The van der Waals surface area contributed by atoms with Crippen LogP contribution in [-0.2, 0) is 14.4 Å². The number of ether oxygens (including phenoxy) is 2. The van der Waals surface area contributed by atoms with E-state index in [1.807, 2.05) is 0 Å². The van der Waals surface area contributed by atoms with Crippen molar-refractivity contribution in [1.29, 1.82) is 0 Å². The summed E-state index contributed by atoms with van der Waals surface area (Å²) >= 11 is 0. The van der Waals surface area contributed by atoms with Crippen LogP contribution >= 0.6 is 0 Å². The van der Waals surface area contributed by atoms with Crippen LogP contribution in [0, 0.1) is 10.1 Å². The fourth-order valence-corrected chi connectivity index (χ4v) is 2.82. The van der Waals surface area contributed by atoms with Crippen molar-refractivity contribution in [3.8, 4) is 11.5 Å². The molecule has 10 heteroatoms. The number of hydrazine groups is 1. The Bertz CT molecular complexity index is 1060. The largest absolute Gasteiger partial charge is 0.490 e. The number of hydrogen-bond acceptors (Lipinski definition) is 7. The number of esters is 1. The second-order valence-corrected chi connectivity index (χ2v) is 6.13. The Morgan fingerprint density at radius 1 is 1.23 bits per heavy atom. The average molecular weight is 411 g/mol. The number of carbonyl (C=O) groups excluding carboxylic acids is 3. The van der Waals surface area contributed by atoms with E-state index < -0.39 is 28.4 Å². The van der Waals surface area contributed by atoms with Crippen molar-refractivity contribution in [2.45, 2.75) is 13.8 Å². The third-order valence-electron chi connectivity index (χ3n) is 4.02. The summed E-state index contributed by atoms with van der Waals surface area (Å²) in [5.41, 5.74) is 2.33. The highest BCUT2D eigenvalue weighted by atomic mass is 16.6. The van der Waals surface area contributed by atoms with Gasteiger partial charge in [0.2, 0.25) is 5.75 Å². The molecule has 0 aliphatic carbocycles. The molecule has 2 aromatic rings. The lowest BCUT2D eigenvalue weighted by atomic mass is 10.1. The fraction of sp³-hybridized carbons (Fsp3) is 0.150. The number of nitro groups is 1. The van der Waals surface area contributed by atoms with E-state index in [1.54, 1.807) is 37.3 Å². The Labute approximate surface area is 170 Å². The van der Waals surface area contributed by atoms with E-state index >= 15 is 0 Å². The van der Waals surface area contributed by atoms with Crippen LogP contribution in [0.5, 0.6) is 11.5 Å². The number of hydrogen-bond donors (Lipinski definition) is 1. The minimum Gasteiger partial charge on any atom is -0.490 e. The van der Waals surface area contributed by atoms with Crippen LogP contribution in [0.3, 0.4) is 0 Å². The number of rotatable bonds is 6. The number of amides is 2. The number of anilines is 1.